The number of hydrogen-bond donors (Lipinski definition) is 2. The number of carboxylic acids is 1. The molecule has 104 valence electrons. The van der Waals surface area contributed by atoms with Crippen LogP contribution < -0.4 is 5.32 Å². The van der Waals surface area contributed by atoms with Crippen LogP contribution in [-0.4, -0.2) is 35.1 Å². The Bertz CT molecular complexity index is 448. The molecule has 1 rings (SSSR count). The van der Waals surface area contributed by atoms with E-state index in [9.17, 15) is 9.59 Å². The third kappa shape index (κ3) is 4.79. The smallest absolute Gasteiger partial charge is 0.323 e. The Hall–Kier alpha value is -1.75. The van der Waals surface area contributed by atoms with Crippen LogP contribution in [0, 0.1) is 0 Å². The monoisotopic (exact) mass is 284 g/mol. The average Bonchev–Trinajstić information content (AvgIpc) is 2.36. The Kier molecular flexibility index (Phi) is 5.63. The highest BCUT2D eigenvalue weighted by atomic mass is 35.5. The Labute approximate surface area is 117 Å². The number of nitrogens with one attached hydrogen (secondary N) is 1. The van der Waals surface area contributed by atoms with Gasteiger partial charge in [0, 0.05) is 11.6 Å². The number of rotatable bonds is 5. The largest absolute Gasteiger partial charge is 0.480 e. The number of hydrogen-bond acceptors (Lipinski definition) is 2. The lowest BCUT2D eigenvalue weighted by Gasteiger charge is -2.22. The zero-order valence-electron chi connectivity index (χ0n) is 10.9. The molecule has 0 aliphatic rings. The van der Waals surface area contributed by atoms with Crippen LogP contribution in [0.3, 0.4) is 0 Å². The van der Waals surface area contributed by atoms with E-state index in [0.717, 1.165) is 5.56 Å². The third-order valence-electron chi connectivity index (χ3n) is 2.71. The van der Waals surface area contributed by atoms with Gasteiger partial charge in [-0.3, -0.25) is 4.79 Å². The predicted octanol–water partition coefficient (Wildman–Crippen LogP) is 2.52. The molecule has 19 heavy (non-hydrogen) atoms. The van der Waals surface area contributed by atoms with Crippen molar-refractivity contribution in [2.45, 2.75) is 19.9 Å². The fourth-order valence-corrected chi connectivity index (χ4v) is 1.73. The number of benzene rings is 1. The molecule has 1 aromatic rings. The van der Waals surface area contributed by atoms with Gasteiger partial charge in [0.1, 0.15) is 6.54 Å². The van der Waals surface area contributed by atoms with E-state index in [4.69, 9.17) is 16.7 Å². The number of likely N-dealkylation sites (N-methyl/N-ethyl adjacent to an activating group) is 1. The van der Waals surface area contributed by atoms with Gasteiger partial charge in [-0.1, -0.05) is 23.7 Å². The van der Waals surface area contributed by atoms with Crippen molar-refractivity contribution < 1.29 is 14.7 Å². The second-order valence-electron chi connectivity index (χ2n) is 4.13. The fraction of sp³-hybridized carbons (Fsp3) is 0.385. The van der Waals surface area contributed by atoms with Crippen LogP contribution in [0.15, 0.2) is 24.3 Å². The maximum Gasteiger partial charge on any atom is 0.323 e. The van der Waals surface area contributed by atoms with Crippen LogP contribution >= 0.6 is 11.6 Å². The minimum Gasteiger partial charge on any atom is -0.480 e. The van der Waals surface area contributed by atoms with E-state index in [-0.39, 0.29) is 12.6 Å². The van der Waals surface area contributed by atoms with Gasteiger partial charge in [-0.2, -0.15) is 0 Å². The SMILES string of the molecule is CCN(CC(=O)O)C(=O)NC(C)c1ccc(Cl)cc1. The van der Waals surface area contributed by atoms with Crippen LogP contribution in [0.2, 0.25) is 5.02 Å². The molecule has 0 heterocycles. The van der Waals surface area contributed by atoms with Crippen molar-refractivity contribution in [3.8, 4) is 0 Å². The Morgan fingerprint density at radius 3 is 2.42 bits per heavy atom. The lowest BCUT2D eigenvalue weighted by molar-refractivity contribution is -0.137. The van der Waals surface area contributed by atoms with Gasteiger partial charge in [0.2, 0.25) is 0 Å². The normalized spacial score (nSPS) is 11.7. The standard InChI is InChI=1S/C13H17ClN2O3/c1-3-16(8-12(17)18)13(19)15-9(2)10-4-6-11(14)7-5-10/h4-7,9H,3,8H2,1-2H3,(H,15,19)(H,17,18). The Morgan fingerprint density at radius 2 is 1.95 bits per heavy atom. The Morgan fingerprint density at radius 1 is 1.37 bits per heavy atom. The molecule has 6 heteroatoms. The molecular formula is C13H17ClN2O3. The Balaban J connectivity index is 2.64. The first-order valence-electron chi connectivity index (χ1n) is 5.96. The summed E-state index contributed by atoms with van der Waals surface area (Å²) in [6, 6.07) is 6.52. The molecular weight excluding hydrogens is 268 g/mol. The zero-order valence-corrected chi connectivity index (χ0v) is 11.6. The molecule has 0 bridgehead atoms. The maximum atomic E-state index is 11.9. The van der Waals surface area contributed by atoms with Crippen LogP contribution in [0.4, 0.5) is 4.79 Å². The fourth-order valence-electron chi connectivity index (χ4n) is 1.60. The highest BCUT2D eigenvalue weighted by molar-refractivity contribution is 6.30. The first-order valence-corrected chi connectivity index (χ1v) is 6.34. The summed E-state index contributed by atoms with van der Waals surface area (Å²) in [5.41, 5.74) is 0.907. The minimum atomic E-state index is -1.03. The molecule has 1 atom stereocenters. The number of nitrogens with zero attached hydrogens (tertiary/aromatic N) is 1. The average molecular weight is 285 g/mol. The van der Waals surface area contributed by atoms with Gasteiger partial charge in [0.25, 0.3) is 0 Å². The number of halogens is 1. The van der Waals surface area contributed by atoms with Crippen molar-refractivity contribution in [3.63, 3.8) is 0 Å². The molecule has 0 saturated heterocycles. The van der Waals surface area contributed by atoms with Crippen molar-refractivity contribution >= 4 is 23.6 Å². The van der Waals surface area contributed by atoms with Gasteiger partial charge in [0.05, 0.1) is 6.04 Å². The number of urea groups is 1. The summed E-state index contributed by atoms with van der Waals surface area (Å²) >= 11 is 5.79. The predicted molar refractivity (Wildman–Crippen MR) is 73.3 cm³/mol. The first-order chi connectivity index (χ1) is 8.93. The summed E-state index contributed by atoms with van der Waals surface area (Å²) in [6.45, 7) is 3.59. The van der Waals surface area contributed by atoms with Crippen LogP contribution in [-0.2, 0) is 4.79 Å². The molecule has 1 unspecified atom stereocenters. The summed E-state index contributed by atoms with van der Waals surface area (Å²) in [7, 11) is 0. The number of aliphatic carboxylic acids is 1. The molecule has 0 aliphatic heterocycles. The summed E-state index contributed by atoms with van der Waals surface area (Å²) in [5.74, 6) is -1.03. The lowest BCUT2D eigenvalue weighted by atomic mass is 10.1. The number of carbonyl (C=O) groups is 2. The van der Waals surface area contributed by atoms with Crippen molar-refractivity contribution in [1.29, 1.82) is 0 Å². The second kappa shape index (κ2) is 6.99. The van der Waals surface area contributed by atoms with Crippen molar-refractivity contribution in [2.24, 2.45) is 0 Å². The summed E-state index contributed by atoms with van der Waals surface area (Å²) in [5, 5.41) is 12.1. The first kappa shape index (κ1) is 15.3. The highest BCUT2D eigenvalue weighted by Gasteiger charge is 2.17. The molecule has 0 aliphatic carbocycles. The van der Waals surface area contributed by atoms with Crippen molar-refractivity contribution in [3.05, 3.63) is 34.9 Å². The van der Waals surface area contributed by atoms with E-state index in [0.29, 0.717) is 11.6 Å². The van der Waals surface area contributed by atoms with Gasteiger partial charge in [-0.15, -0.1) is 0 Å². The molecule has 1 aromatic carbocycles. The van der Waals surface area contributed by atoms with Gasteiger partial charge in [0.15, 0.2) is 0 Å². The quantitative estimate of drug-likeness (QED) is 0.873. The molecule has 2 N–H and O–H groups in total. The highest BCUT2D eigenvalue weighted by Crippen LogP contribution is 2.16. The summed E-state index contributed by atoms with van der Waals surface area (Å²) in [4.78, 5) is 23.7. The van der Waals surface area contributed by atoms with Gasteiger partial charge >= 0.3 is 12.0 Å². The van der Waals surface area contributed by atoms with Crippen LogP contribution in [0.25, 0.3) is 0 Å². The van der Waals surface area contributed by atoms with E-state index in [1.165, 1.54) is 4.90 Å². The van der Waals surface area contributed by atoms with E-state index in [2.05, 4.69) is 5.32 Å². The van der Waals surface area contributed by atoms with E-state index >= 15 is 0 Å². The van der Waals surface area contributed by atoms with Crippen molar-refractivity contribution in [1.82, 2.24) is 10.2 Å². The molecule has 0 fully saturated rings. The number of carbonyl (C=O) groups excluding carboxylic acids is 1. The second-order valence-corrected chi connectivity index (χ2v) is 4.57. The summed E-state index contributed by atoms with van der Waals surface area (Å²) < 4.78 is 0. The lowest BCUT2D eigenvalue weighted by Crippen LogP contribution is -2.43. The van der Waals surface area contributed by atoms with E-state index < -0.39 is 12.0 Å². The van der Waals surface area contributed by atoms with Gasteiger partial charge < -0.3 is 15.3 Å². The maximum absolute atomic E-state index is 11.9. The number of amides is 2. The van der Waals surface area contributed by atoms with E-state index in [1.54, 1.807) is 19.1 Å². The minimum absolute atomic E-state index is 0.215. The number of carboxylic acid groups (broad SMARTS) is 1. The van der Waals surface area contributed by atoms with Crippen LogP contribution in [0.5, 0.6) is 0 Å². The molecule has 0 radical (unpaired) electrons. The zero-order chi connectivity index (χ0) is 14.4. The van der Waals surface area contributed by atoms with Gasteiger partial charge in [-0.25, -0.2) is 4.79 Å². The summed E-state index contributed by atoms with van der Waals surface area (Å²) in [6.07, 6.45) is 0. The van der Waals surface area contributed by atoms with Crippen molar-refractivity contribution in [2.75, 3.05) is 13.1 Å². The topological polar surface area (TPSA) is 69.6 Å². The molecule has 0 aromatic heterocycles. The van der Waals surface area contributed by atoms with Crippen LogP contribution in [0.1, 0.15) is 25.5 Å². The molecule has 2 amide bonds. The third-order valence-corrected chi connectivity index (χ3v) is 2.96. The molecule has 5 nitrogen and oxygen atoms in total. The molecule has 0 saturated carbocycles. The van der Waals surface area contributed by atoms with E-state index in [1.807, 2.05) is 19.1 Å². The van der Waals surface area contributed by atoms with Gasteiger partial charge in [-0.05, 0) is 31.5 Å². The molecule has 0 spiro atoms.